The van der Waals surface area contributed by atoms with Crippen molar-refractivity contribution in [2.75, 3.05) is 11.0 Å². The van der Waals surface area contributed by atoms with Gasteiger partial charge in [0.2, 0.25) is 10.0 Å². The fraction of sp³-hybridized carbons (Fsp3) is 0.143. The second kappa shape index (κ2) is 8.78. The number of rotatable bonds is 5. The minimum absolute atomic E-state index is 0.0898. The standard InChI is InChI=1S/C21H16Cl3N3O4S/c1-32(29,30)26-14-6-4-12(5-7-14)17-11-18(19-3-2-8-31-19)27(25-17)21(28)20-15(23)9-13(22)10-16(20)24/h2-10,18,26H,11H2,1H3. The first-order valence-corrected chi connectivity index (χ1v) is 12.3. The fourth-order valence-electron chi connectivity index (χ4n) is 3.38. The number of halogens is 3. The molecule has 1 aliphatic rings. The van der Waals surface area contributed by atoms with E-state index in [0.29, 0.717) is 28.6 Å². The van der Waals surface area contributed by atoms with Crippen LogP contribution in [-0.2, 0) is 10.0 Å². The monoisotopic (exact) mass is 511 g/mol. The van der Waals surface area contributed by atoms with Crippen molar-refractivity contribution in [1.82, 2.24) is 5.01 Å². The molecular weight excluding hydrogens is 497 g/mol. The number of carbonyl (C=O) groups is 1. The highest BCUT2D eigenvalue weighted by Gasteiger charge is 2.37. The molecule has 1 aromatic heterocycles. The molecule has 1 atom stereocenters. The molecule has 0 spiro atoms. The van der Waals surface area contributed by atoms with E-state index in [9.17, 15) is 13.2 Å². The zero-order valence-electron chi connectivity index (χ0n) is 16.6. The number of anilines is 1. The Morgan fingerprint density at radius 1 is 1.12 bits per heavy atom. The zero-order chi connectivity index (χ0) is 23.0. The summed E-state index contributed by atoms with van der Waals surface area (Å²) in [5.41, 5.74) is 1.85. The molecule has 1 amide bonds. The van der Waals surface area contributed by atoms with Gasteiger partial charge >= 0.3 is 0 Å². The van der Waals surface area contributed by atoms with Gasteiger partial charge in [0.25, 0.3) is 5.91 Å². The van der Waals surface area contributed by atoms with Gasteiger partial charge in [0.05, 0.1) is 33.8 Å². The van der Waals surface area contributed by atoms with E-state index in [2.05, 4.69) is 9.82 Å². The van der Waals surface area contributed by atoms with Crippen LogP contribution in [0, 0.1) is 0 Å². The Morgan fingerprint density at radius 3 is 2.34 bits per heavy atom. The fourth-order valence-corrected chi connectivity index (χ4v) is 4.92. The number of amides is 1. The summed E-state index contributed by atoms with van der Waals surface area (Å²) in [4.78, 5) is 13.4. The van der Waals surface area contributed by atoms with E-state index >= 15 is 0 Å². The molecule has 3 aromatic rings. The highest BCUT2D eigenvalue weighted by atomic mass is 35.5. The van der Waals surface area contributed by atoms with Gasteiger partial charge in [0, 0.05) is 17.1 Å². The summed E-state index contributed by atoms with van der Waals surface area (Å²) >= 11 is 18.5. The maximum absolute atomic E-state index is 13.4. The quantitative estimate of drug-likeness (QED) is 0.481. The Balaban J connectivity index is 1.70. The lowest BCUT2D eigenvalue weighted by atomic mass is 10.0. The van der Waals surface area contributed by atoms with Crippen LogP contribution in [0.15, 0.2) is 64.3 Å². The molecule has 2 aromatic carbocycles. The average molecular weight is 513 g/mol. The molecule has 0 saturated carbocycles. The summed E-state index contributed by atoms with van der Waals surface area (Å²) in [6, 6.07) is 12.6. The van der Waals surface area contributed by atoms with Gasteiger partial charge in [-0.3, -0.25) is 9.52 Å². The summed E-state index contributed by atoms with van der Waals surface area (Å²) in [6.45, 7) is 0. The molecular formula is C21H16Cl3N3O4S. The molecule has 32 heavy (non-hydrogen) atoms. The van der Waals surface area contributed by atoms with Crippen molar-refractivity contribution in [2.24, 2.45) is 5.10 Å². The Hall–Kier alpha value is -2.52. The second-order valence-corrected chi connectivity index (χ2v) is 10.1. The van der Waals surface area contributed by atoms with Crippen LogP contribution in [0.2, 0.25) is 15.1 Å². The van der Waals surface area contributed by atoms with Crippen LogP contribution in [0.5, 0.6) is 0 Å². The molecule has 11 heteroatoms. The number of nitrogens with zero attached hydrogens (tertiary/aromatic N) is 2. The number of furan rings is 1. The molecule has 4 rings (SSSR count). The topological polar surface area (TPSA) is 92.0 Å². The second-order valence-electron chi connectivity index (χ2n) is 7.13. The van der Waals surface area contributed by atoms with Crippen molar-refractivity contribution >= 4 is 62.1 Å². The van der Waals surface area contributed by atoms with Crippen LogP contribution in [0.25, 0.3) is 0 Å². The molecule has 0 fully saturated rings. The van der Waals surface area contributed by atoms with E-state index in [1.54, 1.807) is 36.4 Å². The molecule has 0 radical (unpaired) electrons. The van der Waals surface area contributed by atoms with Crippen LogP contribution in [-0.4, -0.2) is 31.3 Å². The molecule has 0 bridgehead atoms. The number of nitrogens with one attached hydrogen (secondary N) is 1. The third-order valence-corrected chi connectivity index (χ3v) is 6.15. The number of benzene rings is 2. The van der Waals surface area contributed by atoms with E-state index in [0.717, 1.165) is 11.8 Å². The first-order chi connectivity index (χ1) is 15.1. The van der Waals surface area contributed by atoms with Gasteiger partial charge in [0.1, 0.15) is 11.8 Å². The lowest BCUT2D eigenvalue weighted by Crippen LogP contribution is -2.27. The third-order valence-electron chi connectivity index (χ3n) is 4.73. The van der Waals surface area contributed by atoms with Crippen LogP contribution in [0.3, 0.4) is 0 Å². The van der Waals surface area contributed by atoms with Gasteiger partial charge in [-0.05, 0) is 42.0 Å². The largest absolute Gasteiger partial charge is 0.467 e. The summed E-state index contributed by atoms with van der Waals surface area (Å²) < 4.78 is 30.8. The van der Waals surface area contributed by atoms with E-state index < -0.39 is 22.0 Å². The summed E-state index contributed by atoms with van der Waals surface area (Å²) in [7, 11) is -3.39. The Kier molecular flexibility index (Phi) is 6.22. The molecule has 1 N–H and O–H groups in total. The highest BCUT2D eigenvalue weighted by Crippen LogP contribution is 2.37. The lowest BCUT2D eigenvalue weighted by molar-refractivity contribution is 0.0693. The Labute approximate surface area is 199 Å². The van der Waals surface area contributed by atoms with Gasteiger partial charge in [-0.2, -0.15) is 5.10 Å². The number of hydrogen-bond donors (Lipinski definition) is 1. The first-order valence-electron chi connectivity index (χ1n) is 9.29. The van der Waals surface area contributed by atoms with Crippen molar-refractivity contribution in [3.63, 3.8) is 0 Å². The summed E-state index contributed by atoms with van der Waals surface area (Å²) in [5.74, 6) is 0.0529. The molecule has 1 aliphatic heterocycles. The van der Waals surface area contributed by atoms with Crippen LogP contribution in [0.1, 0.15) is 34.1 Å². The molecule has 166 valence electrons. The SMILES string of the molecule is CS(=O)(=O)Nc1ccc(C2=NN(C(=O)c3c(Cl)cc(Cl)cc3Cl)C(c3ccco3)C2)cc1. The highest BCUT2D eigenvalue weighted by molar-refractivity contribution is 7.92. The molecule has 1 unspecified atom stereocenters. The minimum Gasteiger partial charge on any atom is -0.467 e. The molecule has 2 heterocycles. The van der Waals surface area contributed by atoms with Gasteiger partial charge in [0.15, 0.2) is 0 Å². The maximum atomic E-state index is 13.4. The van der Waals surface area contributed by atoms with Crippen molar-refractivity contribution in [3.8, 4) is 0 Å². The van der Waals surface area contributed by atoms with Gasteiger partial charge < -0.3 is 4.42 Å². The van der Waals surface area contributed by atoms with E-state index in [1.807, 2.05) is 0 Å². The first kappa shape index (κ1) is 22.7. The third kappa shape index (κ3) is 4.78. The number of sulfonamides is 1. The van der Waals surface area contributed by atoms with Crippen LogP contribution in [0.4, 0.5) is 5.69 Å². The van der Waals surface area contributed by atoms with Crippen molar-refractivity contribution < 1.29 is 17.6 Å². The van der Waals surface area contributed by atoms with E-state index in [-0.39, 0.29) is 15.6 Å². The normalized spacial score (nSPS) is 16.2. The lowest BCUT2D eigenvalue weighted by Gasteiger charge is -2.21. The number of hydrazone groups is 1. The number of carbonyl (C=O) groups excluding carboxylic acids is 1. The minimum atomic E-state index is -3.39. The van der Waals surface area contributed by atoms with Gasteiger partial charge in [-0.1, -0.05) is 46.9 Å². The molecule has 0 saturated heterocycles. The van der Waals surface area contributed by atoms with Crippen molar-refractivity contribution in [3.05, 3.63) is 86.7 Å². The Bertz CT molecular complexity index is 1280. The van der Waals surface area contributed by atoms with Crippen molar-refractivity contribution in [2.45, 2.75) is 12.5 Å². The van der Waals surface area contributed by atoms with Gasteiger partial charge in [-0.15, -0.1) is 0 Å². The molecule has 0 aliphatic carbocycles. The maximum Gasteiger partial charge on any atom is 0.277 e. The predicted octanol–water partition coefficient (Wildman–Crippen LogP) is 5.60. The van der Waals surface area contributed by atoms with Gasteiger partial charge in [-0.25, -0.2) is 13.4 Å². The predicted molar refractivity (Wildman–Crippen MR) is 125 cm³/mol. The van der Waals surface area contributed by atoms with Crippen LogP contribution >= 0.6 is 34.8 Å². The Morgan fingerprint density at radius 2 is 1.78 bits per heavy atom. The van der Waals surface area contributed by atoms with Crippen molar-refractivity contribution in [1.29, 1.82) is 0 Å². The number of hydrogen-bond acceptors (Lipinski definition) is 5. The molecule has 7 nitrogen and oxygen atoms in total. The smallest absolute Gasteiger partial charge is 0.277 e. The van der Waals surface area contributed by atoms with E-state index in [4.69, 9.17) is 39.2 Å². The summed E-state index contributed by atoms with van der Waals surface area (Å²) in [6.07, 6.45) is 2.97. The average Bonchev–Trinajstić information content (AvgIpc) is 3.36. The summed E-state index contributed by atoms with van der Waals surface area (Å²) in [5, 5.41) is 6.37. The zero-order valence-corrected chi connectivity index (χ0v) is 19.6. The van der Waals surface area contributed by atoms with E-state index in [1.165, 1.54) is 23.4 Å². The van der Waals surface area contributed by atoms with Crippen LogP contribution < -0.4 is 4.72 Å².